The highest BCUT2D eigenvalue weighted by molar-refractivity contribution is 6.33. The largest absolute Gasteiger partial charge is 0.493 e. The number of hydrogen-bond acceptors (Lipinski definition) is 4. The number of carbonyl (C=O) groups excluding carboxylic acids is 1. The van der Waals surface area contributed by atoms with Gasteiger partial charge in [-0.2, -0.15) is 5.26 Å². The van der Waals surface area contributed by atoms with Gasteiger partial charge in [0.05, 0.1) is 23.8 Å². The Labute approximate surface area is 194 Å². The SMILES string of the molecule is COc1cc(C=C(C#N)c2ccccc2Cl)cc(Cl)c1OCC(=O)Nc1ccc(F)cc1. The van der Waals surface area contributed by atoms with Gasteiger partial charge in [0, 0.05) is 16.3 Å². The second-order valence-corrected chi connectivity index (χ2v) is 7.34. The van der Waals surface area contributed by atoms with Crippen molar-refractivity contribution in [1.29, 1.82) is 5.26 Å². The normalized spacial score (nSPS) is 10.9. The summed E-state index contributed by atoms with van der Waals surface area (Å²) in [5, 5.41) is 12.8. The minimum absolute atomic E-state index is 0.178. The van der Waals surface area contributed by atoms with Gasteiger partial charge >= 0.3 is 0 Å². The monoisotopic (exact) mass is 470 g/mol. The van der Waals surface area contributed by atoms with Crippen LogP contribution < -0.4 is 14.8 Å². The van der Waals surface area contributed by atoms with Crippen molar-refractivity contribution in [3.05, 3.63) is 87.7 Å². The number of nitrogens with zero attached hydrogens (tertiary/aromatic N) is 1. The highest BCUT2D eigenvalue weighted by atomic mass is 35.5. The van der Waals surface area contributed by atoms with E-state index in [0.29, 0.717) is 27.4 Å². The van der Waals surface area contributed by atoms with E-state index in [-0.39, 0.29) is 23.1 Å². The molecular formula is C24H17Cl2FN2O3. The zero-order chi connectivity index (χ0) is 23.1. The molecule has 3 rings (SSSR count). The second kappa shape index (κ2) is 10.7. The van der Waals surface area contributed by atoms with Crippen LogP contribution in [0.15, 0.2) is 60.7 Å². The highest BCUT2D eigenvalue weighted by Crippen LogP contribution is 2.37. The third-order valence-corrected chi connectivity index (χ3v) is 4.93. The van der Waals surface area contributed by atoms with Crippen LogP contribution in [0, 0.1) is 17.1 Å². The predicted molar refractivity (Wildman–Crippen MR) is 123 cm³/mol. The van der Waals surface area contributed by atoms with Crippen LogP contribution in [0.2, 0.25) is 10.0 Å². The Kier molecular flexibility index (Phi) is 7.72. The number of carbonyl (C=O) groups is 1. The van der Waals surface area contributed by atoms with Crippen LogP contribution in [0.1, 0.15) is 11.1 Å². The Morgan fingerprint density at radius 1 is 1.12 bits per heavy atom. The van der Waals surface area contributed by atoms with Gasteiger partial charge < -0.3 is 14.8 Å². The minimum atomic E-state index is -0.454. The fraction of sp³-hybridized carbons (Fsp3) is 0.0833. The van der Waals surface area contributed by atoms with Gasteiger partial charge in [0.1, 0.15) is 5.82 Å². The van der Waals surface area contributed by atoms with Crippen LogP contribution in [0.4, 0.5) is 10.1 Å². The van der Waals surface area contributed by atoms with E-state index in [1.807, 2.05) is 0 Å². The second-order valence-electron chi connectivity index (χ2n) is 6.53. The molecule has 0 aliphatic rings. The molecule has 3 aromatic rings. The summed E-state index contributed by atoms with van der Waals surface area (Å²) in [4.78, 5) is 12.1. The summed E-state index contributed by atoms with van der Waals surface area (Å²) >= 11 is 12.6. The molecule has 1 N–H and O–H groups in total. The fourth-order valence-electron chi connectivity index (χ4n) is 2.85. The zero-order valence-electron chi connectivity index (χ0n) is 16.9. The number of benzene rings is 3. The van der Waals surface area contributed by atoms with Gasteiger partial charge in [-0.15, -0.1) is 0 Å². The molecule has 162 valence electrons. The molecule has 0 unspecified atom stereocenters. The van der Waals surface area contributed by atoms with E-state index in [1.54, 1.807) is 42.5 Å². The first-order valence-corrected chi connectivity index (χ1v) is 10.1. The zero-order valence-corrected chi connectivity index (χ0v) is 18.4. The summed E-state index contributed by atoms with van der Waals surface area (Å²) in [6, 6.07) is 17.7. The van der Waals surface area contributed by atoms with Crippen LogP contribution in [0.25, 0.3) is 11.6 Å². The fourth-order valence-corrected chi connectivity index (χ4v) is 3.36. The lowest BCUT2D eigenvalue weighted by atomic mass is 10.0. The van der Waals surface area contributed by atoms with Gasteiger partial charge in [0.2, 0.25) is 0 Å². The van der Waals surface area contributed by atoms with Crippen molar-refractivity contribution < 1.29 is 18.7 Å². The number of allylic oxidation sites excluding steroid dienone is 1. The third kappa shape index (κ3) is 5.79. The average Bonchev–Trinajstić information content (AvgIpc) is 2.78. The highest BCUT2D eigenvalue weighted by Gasteiger charge is 2.15. The first-order chi connectivity index (χ1) is 15.4. The first-order valence-electron chi connectivity index (χ1n) is 9.33. The standard InChI is InChI=1S/C24H17Cl2FN2O3/c1-31-22-12-15(10-16(13-28)19-4-2-3-5-20(19)25)11-21(26)24(22)32-14-23(30)29-18-8-6-17(27)7-9-18/h2-12H,14H2,1H3,(H,29,30). The molecule has 8 heteroatoms. The van der Waals surface area contributed by atoms with Gasteiger partial charge in [-0.05, 0) is 54.1 Å². The Hall–Kier alpha value is -3.53. The lowest BCUT2D eigenvalue weighted by molar-refractivity contribution is -0.118. The van der Waals surface area contributed by atoms with E-state index in [1.165, 1.54) is 31.4 Å². The molecule has 0 radical (unpaired) electrons. The Morgan fingerprint density at radius 3 is 2.50 bits per heavy atom. The van der Waals surface area contributed by atoms with Crippen LogP contribution in [-0.2, 0) is 4.79 Å². The van der Waals surface area contributed by atoms with Crippen molar-refractivity contribution in [3.8, 4) is 17.6 Å². The Bertz CT molecular complexity index is 1200. The molecule has 0 bridgehead atoms. The topological polar surface area (TPSA) is 71.3 Å². The van der Waals surface area contributed by atoms with Crippen molar-refractivity contribution >= 4 is 46.4 Å². The van der Waals surface area contributed by atoms with E-state index in [9.17, 15) is 14.4 Å². The first kappa shape index (κ1) is 23.1. The molecule has 0 atom stereocenters. The summed E-state index contributed by atoms with van der Waals surface area (Å²) in [5.74, 6) is -0.394. The summed E-state index contributed by atoms with van der Waals surface area (Å²) in [6.07, 6.45) is 1.63. The van der Waals surface area contributed by atoms with Crippen molar-refractivity contribution in [2.24, 2.45) is 0 Å². The number of nitrogens with one attached hydrogen (secondary N) is 1. The maximum absolute atomic E-state index is 13.0. The lowest BCUT2D eigenvalue weighted by Crippen LogP contribution is -2.20. The molecular weight excluding hydrogens is 454 g/mol. The molecule has 0 heterocycles. The Morgan fingerprint density at radius 2 is 1.84 bits per heavy atom. The molecule has 0 fully saturated rings. The van der Waals surface area contributed by atoms with E-state index >= 15 is 0 Å². The number of halogens is 3. The van der Waals surface area contributed by atoms with Crippen LogP contribution in [0.5, 0.6) is 11.5 Å². The minimum Gasteiger partial charge on any atom is -0.493 e. The van der Waals surface area contributed by atoms with Gasteiger partial charge in [-0.1, -0.05) is 41.4 Å². The number of nitriles is 1. The summed E-state index contributed by atoms with van der Waals surface area (Å²) in [5.41, 5.74) is 1.96. The van der Waals surface area contributed by atoms with Crippen LogP contribution >= 0.6 is 23.2 Å². The van der Waals surface area contributed by atoms with Crippen LogP contribution in [-0.4, -0.2) is 19.6 Å². The molecule has 0 saturated carbocycles. The van der Waals surface area contributed by atoms with E-state index in [0.717, 1.165) is 0 Å². The number of ether oxygens (including phenoxy) is 2. The quantitative estimate of drug-likeness (QED) is 0.328. The summed E-state index contributed by atoms with van der Waals surface area (Å²) in [7, 11) is 1.43. The van der Waals surface area contributed by atoms with Crippen molar-refractivity contribution in [1.82, 2.24) is 0 Å². The van der Waals surface area contributed by atoms with E-state index in [2.05, 4.69) is 11.4 Å². The van der Waals surface area contributed by atoms with E-state index in [4.69, 9.17) is 32.7 Å². The van der Waals surface area contributed by atoms with Gasteiger partial charge in [-0.3, -0.25) is 4.79 Å². The number of hydrogen-bond donors (Lipinski definition) is 1. The van der Waals surface area contributed by atoms with Gasteiger partial charge in [0.15, 0.2) is 18.1 Å². The predicted octanol–water partition coefficient (Wildman–Crippen LogP) is 6.22. The third-order valence-electron chi connectivity index (χ3n) is 4.32. The smallest absolute Gasteiger partial charge is 0.262 e. The van der Waals surface area contributed by atoms with Gasteiger partial charge in [-0.25, -0.2) is 4.39 Å². The molecule has 0 saturated heterocycles. The summed E-state index contributed by atoms with van der Waals surface area (Å²) in [6.45, 7) is -0.342. The maximum Gasteiger partial charge on any atom is 0.262 e. The van der Waals surface area contributed by atoms with Crippen LogP contribution in [0.3, 0.4) is 0 Å². The number of methoxy groups -OCH3 is 1. The molecule has 32 heavy (non-hydrogen) atoms. The maximum atomic E-state index is 13.0. The molecule has 3 aromatic carbocycles. The molecule has 0 aromatic heterocycles. The van der Waals surface area contributed by atoms with Crippen molar-refractivity contribution in [2.45, 2.75) is 0 Å². The molecule has 5 nitrogen and oxygen atoms in total. The average molecular weight is 471 g/mol. The van der Waals surface area contributed by atoms with Crippen molar-refractivity contribution in [3.63, 3.8) is 0 Å². The van der Waals surface area contributed by atoms with E-state index < -0.39 is 11.7 Å². The molecule has 0 aliphatic carbocycles. The number of amides is 1. The molecule has 0 spiro atoms. The van der Waals surface area contributed by atoms with Gasteiger partial charge in [0.25, 0.3) is 5.91 Å². The Balaban J connectivity index is 1.79. The summed E-state index contributed by atoms with van der Waals surface area (Å²) < 4.78 is 23.9. The number of anilines is 1. The van der Waals surface area contributed by atoms with Crippen molar-refractivity contribution in [2.75, 3.05) is 19.0 Å². The molecule has 0 aliphatic heterocycles. The molecule has 1 amide bonds. The lowest BCUT2D eigenvalue weighted by Gasteiger charge is -2.14. The number of rotatable bonds is 7.